The van der Waals surface area contributed by atoms with Crippen LogP contribution in [-0.2, 0) is 4.79 Å². The number of alkyl halides is 1. The summed E-state index contributed by atoms with van der Waals surface area (Å²) in [6.45, 7) is 0. The molecule has 146 valence electrons. The Hall–Kier alpha value is -1.43. The fourth-order valence-electron chi connectivity index (χ4n) is 3.22. The quantitative estimate of drug-likeness (QED) is 0.151. The van der Waals surface area contributed by atoms with Crippen LogP contribution in [0.2, 0.25) is 0 Å². The molecule has 0 aromatic heterocycles. The molecule has 0 amide bonds. The molecule has 0 bridgehead atoms. The summed E-state index contributed by atoms with van der Waals surface area (Å²) in [6, 6.07) is 6.17. The third-order valence-corrected chi connectivity index (χ3v) is 5.24. The number of carbonyl (C=O) groups is 1. The summed E-state index contributed by atoms with van der Waals surface area (Å²) in [5, 5.41) is 21.7. The van der Waals surface area contributed by atoms with Gasteiger partial charge in [0.05, 0.1) is 10.8 Å². The van der Waals surface area contributed by atoms with Gasteiger partial charge in [0.15, 0.2) is 0 Å². The van der Waals surface area contributed by atoms with Crippen LogP contribution in [0.3, 0.4) is 0 Å². The van der Waals surface area contributed by atoms with Crippen LogP contribution in [0.1, 0.15) is 82.1 Å². The van der Waals surface area contributed by atoms with Gasteiger partial charge in [-0.05, 0) is 12.8 Å². The Morgan fingerprint density at radius 3 is 1.96 bits per heavy atom. The summed E-state index contributed by atoms with van der Waals surface area (Å²) in [7, 11) is 0. The number of nitro groups is 1. The van der Waals surface area contributed by atoms with Gasteiger partial charge in [-0.25, -0.2) is 0 Å². The lowest BCUT2D eigenvalue weighted by Gasteiger charge is -2.13. The maximum atomic E-state index is 11.6. The van der Waals surface area contributed by atoms with Gasteiger partial charge in [-0.15, -0.1) is 0 Å². The molecule has 0 saturated heterocycles. The van der Waals surface area contributed by atoms with E-state index in [-0.39, 0.29) is 5.69 Å². The van der Waals surface area contributed by atoms with Crippen molar-refractivity contribution in [2.75, 3.05) is 5.33 Å². The molecule has 0 fully saturated rings. The van der Waals surface area contributed by atoms with E-state index in [1.54, 1.807) is 18.2 Å². The number of halogens is 1. The molecule has 0 radical (unpaired) electrons. The summed E-state index contributed by atoms with van der Waals surface area (Å²) in [5.41, 5.74) is 0.216. The number of hydrogen-bond acceptors (Lipinski definition) is 3. The van der Waals surface area contributed by atoms with Gasteiger partial charge >= 0.3 is 5.97 Å². The minimum absolute atomic E-state index is 0.0974. The van der Waals surface area contributed by atoms with E-state index in [0.29, 0.717) is 12.0 Å². The monoisotopic (exact) mass is 427 g/mol. The molecule has 6 heteroatoms. The molecule has 0 spiro atoms. The fourth-order valence-corrected chi connectivity index (χ4v) is 3.61. The Balaban J connectivity index is 2.27. The molecule has 0 heterocycles. The predicted molar refractivity (Wildman–Crippen MR) is 108 cm³/mol. The standard InChI is InChI=1S/C20H30BrNO4/c21-16-12-8-6-4-2-1-3-5-7-9-14-18(20(23)24)17-13-10-11-15-19(17)22(25)26/h10-11,13,15,18H,1-9,12,14,16H2,(H,23,24). The van der Waals surface area contributed by atoms with Crippen molar-refractivity contribution >= 4 is 27.6 Å². The molecular formula is C20H30BrNO4. The summed E-state index contributed by atoms with van der Waals surface area (Å²) >= 11 is 3.44. The Kier molecular flexibility index (Phi) is 11.9. The first kappa shape index (κ1) is 22.6. The number of carboxylic acids is 1. The normalized spacial score (nSPS) is 12.0. The van der Waals surface area contributed by atoms with Crippen LogP contribution in [0.25, 0.3) is 0 Å². The second kappa shape index (κ2) is 13.7. The minimum Gasteiger partial charge on any atom is -0.481 e. The van der Waals surface area contributed by atoms with Crippen LogP contribution < -0.4 is 0 Å². The van der Waals surface area contributed by atoms with Gasteiger partial charge in [0.25, 0.3) is 5.69 Å². The lowest BCUT2D eigenvalue weighted by Crippen LogP contribution is -2.13. The van der Waals surface area contributed by atoms with Crippen LogP contribution in [-0.4, -0.2) is 21.3 Å². The van der Waals surface area contributed by atoms with Gasteiger partial charge in [0, 0.05) is 17.0 Å². The zero-order valence-electron chi connectivity index (χ0n) is 15.4. The van der Waals surface area contributed by atoms with Crippen molar-refractivity contribution in [2.45, 2.75) is 76.5 Å². The van der Waals surface area contributed by atoms with E-state index < -0.39 is 16.8 Å². The van der Waals surface area contributed by atoms with E-state index in [0.717, 1.165) is 24.6 Å². The van der Waals surface area contributed by atoms with Crippen LogP contribution in [0.4, 0.5) is 5.69 Å². The molecule has 1 unspecified atom stereocenters. The minimum atomic E-state index is -0.984. The highest BCUT2D eigenvalue weighted by Crippen LogP contribution is 2.30. The van der Waals surface area contributed by atoms with Crippen molar-refractivity contribution in [3.8, 4) is 0 Å². The zero-order chi connectivity index (χ0) is 19.2. The third-order valence-electron chi connectivity index (χ3n) is 4.68. The molecule has 1 rings (SSSR count). The molecule has 0 aliphatic carbocycles. The van der Waals surface area contributed by atoms with Crippen LogP contribution >= 0.6 is 15.9 Å². The summed E-state index contributed by atoms with van der Waals surface area (Å²) < 4.78 is 0. The number of rotatable bonds is 15. The van der Waals surface area contributed by atoms with Gasteiger partial charge < -0.3 is 5.11 Å². The lowest BCUT2D eigenvalue weighted by atomic mass is 9.91. The van der Waals surface area contributed by atoms with Crippen molar-refractivity contribution in [3.05, 3.63) is 39.9 Å². The van der Waals surface area contributed by atoms with E-state index in [1.807, 2.05) is 0 Å². The largest absolute Gasteiger partial charge is 0.481 e. The molecule has 26 heavy (non-hydrogen) atoms. The van der Waals surface area contributed by atoms with Crippen LogP contribution in [0.15, 0.2) is 24.3 Å². The van der Waals surface area contributed by atoms with Crippen LogP contribution in [0.5, 0.6) is 0 Å². The number of nitro benzene ring substituents is 1. The molecule has 0 saturated carbocycles. The first-order valence-corrected chi connectivity index (χ1v) is 10.7. The smallest absolute Gasteiger partial charge is 0.311 e. The van der Waals surface area contributed by atoms with E-state index >= 15 is 0 Å². The zero-order valence-corrected chi connectivity index (χ0v) is 17.0. The number of aliphatic carboxylic acids is 1. The van der Waals surface area contributed by atoms with E-state index in [9.17, 15) is 20.0 Å². The van der Waals surface area contributed by atoms with Gasteiger partial charge in [-0.2, -0.15) is 0 Å². The number of benzene rings is 1. The fraction of sp³-hybridized carbons (Fsp3) is 0.650. The predicted octanol–water partition coefficient (Wildman–Crippen LogP) is 6.45. The van der Waals surface area contributed by atoms with Gasteiger partial charge in [0.1, 0.15) is 0 Å². The maximum absolute atomic E-state index is 11.6. The maximum Gasteiger partial charge on any atom is 0.311 e. The second-order valence-corrected chi connectivity index (χ2v) is 7.51. The summed E-state index contributed by atoms with van der Waals surface area (Å²) in [4.78, 5) is 22.2. The first-order valence-electron chi connectivity index (χ1n) is 9.60. The van der Waals surface area contributed by atoms with Crippen molar-refractivity contribution in [1.29, 1.82) is 0 Å². The highest BCUT2D eigenvalue weighted by atomic mass is 79.9. The number of para-hydroxylation sites is 1. The van der Waals surface area contributed by atoms with Crippen molar-refractivity contribution < 1.29 is 14.8 Å². The molecule has 1 aromatic carbocycles. The molecule has 1 N–H and O–H groups in total. The number of hydrogen-bond donors (Lipinski definition) is 1. The van der Waals surface area contributed by atoms with E-state index in [2.05, 4.69) is 15.9 Å². The highest BCUT2D eigenvalue weighted by Gasteiger charge is 2.26. The molecule has 1 aromatic rings. The molecule has 0 aliphatic heterocycles. The van der Waals surface area contributed by atoms with E-state index in [4.69, 9.17) is 0 Å². The lowest BCUT2D eigenvalue weighted by molar-refractivity contribution is -0.385. The SMILES string of the molecule is O=C(O)C(CCCCCCCCCCCCBr)c1ccccc1[N+](=O)[O-]. The van der Waals surface area contributed by atoms with E-state index in [1.165, 1.54) is 51.0 Å². The highest BCUT2D eigenvalue weighted by molar-refractivity contribution is 9.09. The number of nitrogens with zero attached hydrogens (tertiary/aromatic N) is 1. The average molecular weight is 428 g/mol. The third kappa shape index (κ3) is 8.79. The van der Waals surface area contributed by atoms with Crippen LogP contribution in [0, 0.1) is 10.1 Å². The van der Waals surface area contributed by atoms with Crippen molar-refractivity contribution in [2.24, 2.45) is 0 Å². The summed E-state index contributed by atoms with van der Waals surface area (Å²) in [6.07, 6.45) is 12.2. The molecule has 5 nitrogen and oxygen atoms in total. The average Bonchev–Trinajstić information content (AvgIpc) is 2.62. The Bertz CT molecular complexity index is 550. The molecular weight excluding hydrogens is 398 g/mol. The van der Waals surface area contributed by atoms with Gasteiger partial charge in [-0.3, -0.25) is 14.9 Å². The topological polar surface area (TPSA) is 80.4 Å². The molecule has 0 aliphatic rings. The molecule has 1 atom stereocenters. The number of carboxylic acid groups (broad SMARTS) is 1. The number of unbranched alkanes of at least 4 members (excludes halogenated alkanes) is 9. The Labute approximate surface area is 164 Å². The first-order chi connectivity index (χ1) is 12.6. The second-order valence-electron chi connectivity index (χ2n) is 6.72. The van der Waals surface area contributed by atoms with Gasteiger partial charge in [0.2, 0.25) is 0 Å². The Morgan fingerprint density at radius 2 is 1.46 bits per heavy atom. The van der Waals surface area contributed by atoms with Crippen molar-refractivity contribution in [3.63, 3.8) is 0 Å². The summed E-state index contributed by atoms with van der Waals surface area (Å²) in [5.74, 6) is -1.78. The van der Waals surface area contributed by atoms with Gasteiger partial charge in [-0.1, -0.05) is 91.9 Å². The van der Waals surface area contributed by atoms with Crippen molar-refractivity contribution in [1.82, 2.24) is 0 Å². The Morgan fingerprint density at radius 1 is 0.962 bits per heavy atom.